The van der Waals surface area contributed by atoms with Crippen molar-refractivity contribution in [3.8, 4) is 0 Å². The minimum absolute atomic E-state index is 0. The Kier molecular flexibility index (Phi) is 174. The molecule has 0 fully saturated rings. The second-order valence-electron chi connectivity index (χ2n) is 0.378. The molecule has 0 N–H and O–H groups in total. The Morgan fingerprint density at radius 1 is 1.00 bits per heavy atom. The van der Waals surface area contributed by atoms with Crippen molar-refractivity contribution >= 4 is 22.6 Å². The highest BCUT2D eigenvalue weighted by atomic mass is 127. The predicted molar refractivity (Wildman–Crippen MR) is 44.6 cm³/mol. The summed E-state index contributed by atoms with van der Waals surface area (Å²) in [6.45, 7) is 0. The maximum atomic E-state index is 2.24. The summed E-state index contributed by atoms with van der Waals surface area (Å²) in [5.74, 6) is 0. The van der Waals surface area contributed by atoms with Gasteiger partial charge in [0.2, 0.25) is 0 Å². The molecule has 0 saturated carbocycles. The fourth-order valence-electron chi connectivity index (χ4n) is 0. The molecule has 2 heteroatoms. The lowest BCUT2D eigenvalue weighted by Gasteiger charge is -1.22. The van der Waals surface area contributed by atoms with Crippen LogP contribution in [0.25, 0.3) is 0 Å². The third-order valence-electron chi connectivity index (χ3n) is 0. The van der Waals surface area contributed by atoms with Gasteiger partial charge in [-0.15, -0.1) is 0 Å². The molecule has 0 aromatic rings. The van der Waals surface area contributed by atoms with Crippen LogP contribution in [0.3, 0.4) is 0 Å². The van der Waals surface area contributed by atoms with Gasteiger partial charge in [-0.05, 0) is 4.93 Å². The van der Waals surface area contributed by atoms with Crippen molar-refractivity contribution < 1.29 is 21.2 Å². The zero-order valence-electron chi connectivity index (χ0n) is 5.76. The summed E-state index contributed by atoms with van der Waals surface area (Å²) in [6.07, 6.45) is 0. The lowest BCUT2D eigenvalue weighted by molar-refractivity contribution is -0.597. The lowest BCUT2D eigenvalue weighted by atomic mass is 12.0. The Hall–Kier alpha value is 1.46. The summed E-state index contributed by atoms with van der Waals surface area (Å²) in [5, 5.41) is 0. The van der Waals surface area contributed by atoms with E-state index in [0.29, 0.717) is 21.2 Å². The summed E-state index contributed by atoms with van der Waals surface area (Å²) in [4.78, 5) is 6.44. The van der Waals surface area contributed by atoms with Crippen LogP contribution in [0.1, 0.15) is 0 Å². The quantitative estimate of drug-likeness (QED) is 0.313. The molecule has 0 aliphatic heterocycles. The molecule has 0 nitrogen and oxygen atoms in total. The van der Waals surface area contributed by atoms with Crippen LogP contribution in [0.4, 0.5) is 0 Å². The van der Waals surface area contributed by atoms with Crippen LogP contribution in [0.2, 0.25) is 0 Å². The normalized spacial score (nSPS) is 3.43. The molecule has 0 bridgehead atoms. The van der Waals surface area contributed by atoms with Crippen molar-refractivity contribution in [2.24, 2.45) is 0 Å². The van der Waals surface area contributed by atoms with Crippen LogP contribution in [0.15, 0.2) is 0 Å². The van der Waals surface area contributed by atoms with Crippen LogP contribution >= 0.6 is 22.6 Å². The zero-order valence-corrected chi connectivity index (χ0v) is 10.1. The molecule has 50 valence electrons. The highest BCUT2D eigenvalue weighted by Crippen LogP contribution is 1.48. The van der Waals surface area contributed by atoms with E-state index in [1.165, 1.54) is 0 Å². The molecule has 0 heterocycles. The number of rotatable bonds is 0. The number of hydrogen-bond donors (Lipinski definition) is 0. The van der Waals surface area contributed by atoms with E-state index in [4.69, 9.17) is 0 Å². The smallest absolute Gasteiger partial charge is 0.261 e. The van der Waals surface area contributed by atoms with Crippen molar-refractivity contribution in [1.29, 1.82) is 0 Å². The van der Waals surface area contributed by atoms with Crippen molar-refractivity contribution in [3.05, 3.63) is 14.9 Å². The minimum Gasteiger partial charge on any atom is -0.358 e. The van der Waals surface area contributed by atoms with Crippen molar-refractivity contribution in [3.63, 3.8) is 0 Å². The van der Waals surface area contributed by atoms with E-state index < -0.39 is 0 Å². The fraction of sp³-hybridized carbons (Fsp3) is 0.600. The molecular formula is C5H15I2-. The second-order valence-corrected chi connectivity index (χ2v) is 2.54. The average molecular weight is 329 g/mol. The van der Waals surface area contributed by atoms with Gasteiger partial charge in [0, 0.05) is 0 Å². The molecule has 0 rings (SSSR count). The van der Waals surface area contributed by atoms with E-state index in [-0.39, 0.29) is 14.9 Å². The third kappa shape index (κ3) is 104. The summed E-state index contributed by atoms with van der Waals surface area (Å²) < 4.78 is 0. The Labute approximate surface area is 72.9 Å². The van der Waals surface area contributed by atoms with Gasteiger partial charge in [0.1, 0.15) is 9.86 Å². The summed E-state index contributed by atoms with van der Waals surface area (Å²) >= 11 is 2.74. The van der Waals surface area contributed by atoms with E-state index in [0.717, 1.165) is 0 Å². The van der Waals surface area contributed by atoms with Gasteiger partial charge in [0.25, 0.3) is 21.2 Å². The minimum atomic E-state index is 0. The first-order valence-electron chi connectivity index (χ1n) is 1.13. The molecule has 0 amide bonds. The molecule has 0 aromatic heterocycles. The van der Waals surface area contributed by atoms with E-state index >= 15 is 0 Å². The first-order chi connectivity index (χ1) is 2.41. The molecule has 0 spiro atoms. The highest BCUT2D eigenvalue weighted by molar-refractivity contribution is 14.1. The average Bonchev–Trinajstić information content (AvgIpc) is 1.46. The molecule has 0 aromatic carbocycles. The van der Waals surface area contributed by atoms with Gasteiger partial charge >= 0.3 is 0 Å². The Bertz CT molecular complexity index is 6.04. The molecule has 0 aliphatic carbocycles. The number of hydrogen-bond acceptors (Lipinski definition) is 0. The summed E-state index contributed by atoms with van der Waals surface area (Å²) in [7, 11) is 0. The van der Waals surface area contributed by atoms with E-state index in [1.807, 2.05) is 4.93 Å². The molecule has 0 atom stereocenters. The van der Waals surface area contributed by atoms with Gasteiger partial charge in [-0.2, -0.15) is 0 Å². The van der Waals surface area contributed by atoms with Crippen molar-refractivity contribution in [1.82, 2.24) is 0 Å². The second kappa shape index (κ2) is 51.4. The van der Waals surface area contributed by atoms with Gasteiger partial charge < -0.3 is 14.9 Å². The molecule has 0 saturated heterocycles. The maximum absolute atomic E-state index is 2.24. The zero-order chi connectivity index (χ0) is 4.71. The van der Waals surface area contributed by atoms with Crippen LogP contribution in [-0.2, 0) is 0 Å². The van der Waals surface area contributed by atoms with E-state index in [2.05, 4.69) is 32.5 Å². The predicted octanol–water partition coefficient (Wildman–Crippen LogP) is -0.713. The topological polar surface area (TPSA) is 0 Å². The summed E-state index contributed by atoms with van der Waals surface area (Å²) in [5.41, 5.74) is 0. The standard InChI is InChI=1S/C2H6I.CH3I.2CH3/c1-3-2;1-2;;/h1-2H3;1H3;2*1H3/q+1;;2*-1. The van der Waals surface area contributed by atoms with E-state index in [9.17, 15) is 0 Å². The Balaban J connectivity index is -0.0000000105. The molecular weight excluding hydrogens is 314 g/mol. The van der Waals surface area contributed by atoms with Gasteiger partial charge in [-0.3, -0.25) is 0 Å². The highest BCUT2D eigenvalue weighted by Gasteiger charge is 1.61. The lowest BCUT2D eigenvalue weighted by Crippen LogP contribution is -3.59. The van der Waals surface area contributed by atoms with Gasteiger partial charge in [-0.1, -0.05) is 22.6 Å². The monoisotopic (exact) mass is 329 g/mol. The van der Waals surface area contributed by atoms with Crippen molar-refractivity contribution in [2.75, 3.05) is 14.8 Å². The fourth-order valence-corrected chi connectivity index (χ4v) is 0. The third-order valence-corrected chi connectivity index (χ3v) is 0. The molecule has 0 aliphatic rings. The SMILES string of the molecule is CI.C[I+]C.[CH3-].[CH3-]. The molecule has 7 heavy (non-hydrogen) atoms. The van der Waals surface area contributed by atoms with Crippen LogP contribution in [0.5, 0.6) is 0 Å². The Morgan fingerprint density at radius 2 is 1.00 bits per heavy atom. The number of halogens is 2. The van der Waals surface area contributed by atoms with Gasteiger partial charge in [0.15, 0.2) is 0 Å². The van der Waals surface area contributed by atoms with Crippen LogP contribution in [-0.4, -0.2) is 14.8 Å². The van der Waals surface area contributed by atoms with E-state index in [1.54, 1.807) is 0 Å². The first-order valence-corrected chi connectivity index (χ1v) is 7.61. The van der Waals surface area contributed by atoms with Crippen LogP contribution < -0.4 is 21.2 Å². The van der Waals surface area contributed by atoms with Gasteiger partial charge in [0.05, 0.1) is 0 Å². The maximum Gasteiger partial charge on any atom is 0.261 e. The molecule has 0 unspecified atom stereocenters. The molecule has 0 radical (unpaired) electrons. The number of alkyl halides is 3. The largest absolute Gasteiger partial charge is 0.358 e. The Morgan fingerprint density at radius 3 is 1.00 bits per heavy atom. The first kappa shape index (κ1) is 23.7. The van der Waals surface area contributed by atoms with Crippen LogP contribution in [0, 0.1) is 14.9 Å². The van der Waals surface area contributed by atoms with Gasteiger partial charge in [-0.25, -0.2) is 0 Å². The van der Waals surface area contributed by atoms with Crippen molar-refractivity contribution in [2.45, 2.75) is 0 Å². The summed E-state index contributed by atoms with van der Waals surface area (Å²) in [6, 6.07) is 0.